The molecule has 1 heterocycles. The maximum atomic E-state index is 13.3. The van der Waals surface area contributed by atoms with Crippen LogP contribution in [0.3, 0.4) is 0 Å². The summed E-state index contributed by atoms with van der Waals surface area (Å²) in [6.07, 6.45) is 0. The van der Waals surface area contributed by atoms with E-state index in [0.717, 1.165) is 17.7 Å². The predicted molar refractivity (Wildman–Crippen MR) is 93.8 cm³/mol. The van der Waals surface area contributed by atoms with Gasteiger partial charge in [0, 0.05) is 12.1 Å². The van der Waals surface area contributed by atoms with Crippen molar-refractivity contribution in [3.8, 4) is 5.88 Å². The summed E-state index contributed by atoms with van der Waals surface area (Å²) in [5.74, 6) is -2.48. The highest BCUT2D eigenvalue weighted by atomic mass is 35.5. The molecule has 3 aromatic rings. The molecule has 4 nitrogen and oxygen atoms in total. The molecule has 0 aliphatic heterocycles. The normalized spacial score (nSPS) is 10.8. The van der Waals surface area contributed by atoms with Crippen molar-refractivity contribution in [1.82, 2.24) is 9.78 Å². The second kappa shape index (κ2) is 7.43. The number of ether oxygens (including phenoxy) is 1. The Morgan fingerprint density at radius 3 is 2.42 bits per heavy atom. The van der Waals surface area contributed by atoms with Gasteiger partial charge in [-0.3, -0.25) is 0 Å². The second-order valence-corrected chi connectivity index (χ2v) is 6.39. The highest BCUT2D eigenvalue weighted by Gasteiger charge is 2.16. The van der Waals surface area contributed by atoms with Crippen LogP contribution < -0.4 is 4.74 Å². The van der Waals surface area contributed by atoms with E-state index in [4.69, 9.17) is 27.9 Å². The summed E-state index contributed by atoms with van der Waals surface area (Å²) in [5.41, 5.74) is 1.16. The molecule has 0 saturated heterocycles. The third kappa shape index (κ3) is 4.20. The van der Waals surface area contributed by atoms with E-state index in [9.17, 15) is 13.6 Å². The molecule has 0 fully saturated rings. The highest BCUT2D eigenvalue weighted by Crippen LogP contribution is 2.24. The van der Waals surface area contributed by atoms with Crippen LogP contribution in [0.2, 0.25) is 10.0 Å². The van der Waals surface area contributed by atoms with Gasteiger partial charge in [-0.15, -0.1) is 0 Å². The van der Waals surface area contributed by atoms with Gasteiger partial charge in [-0.1, -0.05) is 29.3 Å². The van der Waals surface area contributed by atoms with Crippen molar-refractivity contribution in [2.45, 2.75) is 13.5 Å². The quantitative estimate of drug-likeness (QED) is 0.580. The number of carbonyl (C=O) groups is 1. The van der Waals surface area contributed by atoms with Gasteiger partial charge in [-0.2, -0.15) is 5.10 Å². The van der Waals surface area contributed by atoms with Crippen LogP contribution >= 0.6 is 23.2 Å². The molecule has 0 aliphatic rings. The smallest absolute Gasteiger partial charge is 0.345 e. The summed E-state index contributed by atoms with van der Waals surface area (Å²) in [5, 5.41) is 5.07. The monoisotopic (exact) mass is 396 g/mol. The van der Waals surface area contributed by atoms with Crippen molar-refractivity contribution in [3.05, 3.63) is 81.0 Å². The van der Waals surface area contributed by atoms with E-state index in [2.05, 4.69) is 5.10 Å². The Balaban J connectivity index is 1.84. The van der Waals surface area contributed by atoms with Crippen molar-refractivity contribution in [3.63, 3.8) is 0 Å². The number of halogens is 4. The van der Waals surface area contributed by atoms with Gasteiger partial charge in [-0.25, -0.2) is 18.3 Å². The first-order valence-electron chi connectivity index (χ1n) is 7.48. The van der Waals surface area contributed by atoms with Crippen molar-refractivity contribution in [2.75, 3.05) is 0 Å². The summed E-state index contributed by atoms with van der Waals surface area (Å²) in [6, 6.07) is 9.11. The first-order chi connectivity index (χ1) is 12.3. The van der Waals surface area contributed by atoms with Gasteiger partial charge < -0.3 is 4.74 Å². The van der Waals surface area contributed by atoms with Crippen LogP contribution in [0.1, 0.15) is 21.6 Å². The zero-order chi connectivity index (χ0) is 18.8. The van der Waals surface area contributed by atoms with Gasteiger partial charge in [0.2, 0.25) is 5.88 Å². The van der Waals surface area contributed by atoms with Crippen molar-refractivity contribution in [2.24, 2.45) is 0 Å². The van der Waals surface area contributed by atoms with E-state index in [1.54, 1.807) is 31.2 Å². The molecule has 0 aliphatic carbocycles. The number of aryl methyl sites for hydroxylation is 1. The summed E-state index contributed by atoms with van der Waals surface area (Å²) in [6.45, 7) is 2.00. The molecule has 0 spiro atoms. The molecule has 134 valence electrons. The number of rotatable bonds is 4. The summed E-state index contributed by atoms with van der Waals surface area (Å²) < 4.78 is 33.3. The summed E-state index contributed by atoms with van der Waals surface area (Å²) in [4.78, 5) is 12.2. The number of esters is 1. The third-order valence-electron chi connectivity index (χ3n) is 3.48. The van der Waals surface area contributed by atoms with Crippen molar-refractivity contribution >= 4 is 29.2 Å². The van der Waals surface area contributed by atoms with Crippen LogP contribution in [-0.4, -0.2) is 15.7 Å². The van der Waals surface area contributed by atoms with E-state index in [1.165, 1.54) is 4.68 Å². The van der Waals surface area contributed by atoms with Crippen molar-refractivity contribution < 1.29 is 18.3 Å². The Morgan fingerprint density at radius 1 is 1.08 bits per heavy atom. The van der Waals surface area contributed by atoms with E-state index in [0.29, 0.717) is 21.8 Å². The summed E-state index contributed by atoms with van der Waals surface area (Å²) >= 11 is 11.9. The van der Waals surface area contributed by atoms with Crippen LogP contribution in [0.25, 0.3) is 0 Å². The molecule has 0 amide bonds. The fourth-order valence-electron chi connectivity index (χ4n) is 2.35. The minimum atomic E-state index is -0.890. The Morgan fingerprint density at radius 2 is 1.77 bits per heavy atom. The molecule has 8 heteroatoms. The Hall–Kier alpha value is -2.44. The van der Waals surface area contributed by atoms with Gasteiger partial charge in [-0.05, 0) is 36.8 Å². The van der Waals surface area contributed by atoms with Gasteiger partial charge in [0.15, 0.2) is 0 Å². The van der Waals surface area contributed by atoms with E-state index >= 15 is 0 Å². The molecule has 26 heavy (non-hydrogen) atoms. The molecule has 3 rings (SSSR count). The van der Waals surface area contributed by atoms with Crippen LogP contribution in [0.15, 0.2) is 42.5 Å². The minimum Gasteiger partial charge on any atom is -0.404 e. The molecule has 0 atom stereocenters. The summed E-state index contributed by atoms with van der Waals surface area (Å²) in [7, 11) is 0. The SMILES string of the molecule is Cc1cc(OC(=O)c2cc(F)cc(F)c2)n(Cc2ccc(Cl)c(Cl)c2)n1. The van der Waals surface area contributed by atoms with Crippen molar-refractivity contribution in [1.29, 1.82) is 0 Å². The van der Waals surface area contributed by atoms with E-state index < -0.39 is 17.6 Å². The number of carbonyl (C=O) groups excluding carboxylic acids is 1. The molecule has 2 aromatic carbocycles. The van der Waals surface area contributed by atoms with Gasteiger partial charge in [0.1, 0.15) is 11.6 Å². The zero-order valence-corrected chi connectivity index (χ0v) is 15.0. The largest absolute Gasteiger partial charge is 0.404 e. The maximum Gasteiger partial charge on any atom is 0.345 e. The average molecular weight is 397 g/mol. The lowest BCUT2D eigenvalue weighted by Crippen LogP contribution is -2.13. The first kappa shape index (κ1) is 18.4. The van der Waals surface area contributed by atoms with Crippen LogP contribution in [0.4, 0.5) is 8.78 Å². The predicted octanol–water partition coefficient (Wildman–Crippen LogP) is 5.04. The standard InChI is InChI=1S/C18H12Cl2F2N2O2/c1-10-4-17(26-18(25)12-6-13(21)8-14(22)7-12)24(23-10)9-11-2-3-15(19)16(20)5-11/h2-8H,9H2,1H3. The lowest BCUT2D eigenvalue weighted by Gasteiger charge is -2.09. The fourth-order valence-corrected chi connectivity index (χ4v) is 2.67. The molecule has 0 radical (unpaired) electrons. The number of hydrogen-bond acceptors (Lipinski definition) is 3. The molecule has 0 unspecified atom stereocenters. The van der Waals surface area contributed by atoms with E-state index in [-0.39, 0.29) is 18.0 Å². The number of benzene rings is 2. The number of hydrogen-bond donors (Lipinski definition) is 0. The topological polar surface area (TPSA) is 44.1 Å². The average Bonchev–Trinajstić information content (AvgIpc) is 2.89. The zero-order valence-electron chi connectivity index (χ0n) is 13.5. The fraction of sp³-hybridized carbons (Fsp3) is 0.111. The highest BCUT2D eigenvalue weighted by molar-refractivity contribution is 6.42. The van der Waals surface area contributed by atoms with Crippen LogP contribution in [-0.2, 0) is 6.54 Å². The molecule has 0 saturated carbocycles. The Labute approximate surface area is 157 Å². The molecule has 0 bridgehead atoms. The molecular weight excluding hydrogens is 385 g/mol. The Kier molecular flexibility index (Phi) is 5.25. The molecule has 1 aromatic heterocycles. The lowest BCUT2D eigenvalue weighted by molar-refractivity contribution is 0.0718. The third-order valence-corrected chi connectivity index (χ3v) is 4.22. The van der Waals surface area contributed by atoms with Crippen LogP contribution in [0.5, 0.6) is 5.88 Å². The Bertz CT molecular complexity index is 969. The lowest BCUT2D eigenvalue weighted by atomic mass is 10.2. The van der Waals surface area contributed by atoms with E-state index in [1.807, 2.05) is 0 Å². The minimum absolute atomic E-state index is 0.142. The molecule has 0 N–H and O–H groups in total. The maximum absolute atomic E-state index is 13.3. The number of nitrogens with zero attached hydrogens (tertiary/aromatic N) is 2. The van der Waals surface area contributed by atoms with Gasteiger partial charge in [0.25, 0.3) is 0 Å². The second-order valence-electron chi connectivity index (χ2n) is 5.58. The molecular formula is C18H12Cl2F2N2O2. The number of aromatic nitrogens is 2. The van der Waals surface area contributed by atoms with Gasteiger partial charge in [0.05, 0.1) is 27.8 Å². The first-order valence-corrected chi connectivity index (χ1v) is 8.24. The van der Waals surface area contributed by atoms with Gasteiger partial charge >= 0.3 is 5.97 Å². The van der Waals surface area contributed by atoms with Crippen LogP contribution in [0, 0.1) is 18.6 Å².